The van der Waals surface area contributed by atoms with Crippen molar-refractivity contribution in [3.05, 3.63) is 0 Å². The quantitative estimate of drug-likeness (QED) is 0.733. The molecular formula is C12H26N2. The third-order valence-corrected chi connectivity index (χ3v) is 3.55. The summed E-state index contributed by atoms with van der Waals surface area (Å²) in [6, 6.07) is 0.763. The van der Waals surface area contributed by atoms with Crippen LogP contribution in [0.1, 0.15) is 39.5 Å². The molecule has 0 radical (unpaired) electrons. The van der Waals surface area contributed by atoms with Crippen LogP contribution in [0.5, 0.6) is 0 Å². The lowest BCUT2D eigenvalue weighted by Crippen LogP contribution is -2.38. The zero-order valence-corrected chi connectivity index (χ0v) is 10.00. The predicted molar refractivity (Wildman–Crippen MR) is 62.3 cm³/mol. The molecule has 0 bridgehead atoms. The molecule has 1 aliphatic carbocycles. The largest absolute Gasteiger partial charge is 0.330 e. The second kappa shape index (κ2) is 5.72. The summed E-state index contributed by atoms with van der Waals surface area (Å²) < 4.78 is 0. The molecule has 0 aromatic heterocycles. The van der Waals surface area contributed by atoms with Crippen molar-refractivity contribution < 1.29 is 0 Å². The molecule has 2 nitrogen and oxygen atoms in total. The van der Waals surface area contributed by atoms with E-state index in [0.29, 0.717) is 0 Å². The number of nitrogens with zero attached hydrogens (tertiary/aromatic N) is 1. The molecule has 2 unspecified atom stereocenters. The summed E-state index contributed by atoms with van der Waals surface area (Å²) in [6.07, 6.45) is 5.38. The summed E-state index contributed by atoms with van der Waals surface area (Å²) in [6.45, 7) is 6.70. The van der Waals surface area contributed by atoms with Crippen LogP contribution < -0.4 is 5.73 Å². The maximum Gasteiger partial charge on any atom is 0.0132 e. The Hall–Kier alpha value is -0.0800. The Morgan fingerprint density at radius 2 is 2.07 bits per heavy atom. The molecule has 0 amide bonds. The molecule has 0 heterocycles. The van der Waals surface area contributed by atoms with E-state index >= 15 is 0 Å². The Morgan fingerprint density at radius 3 is 2.64 bits per heavy atom. The van der Waals surface area contributed by atoms with Crippen LogP contribution in [0.4, 0.5) is 0 Å². The average molecular weight is 198 g/mol. The van der Waals surface area contributed by atoms with Gasteiger partial charge in [0.2, 0.25) is 0 Å². The van der Waals surface area contributed by atoms with E-state index in [9.17, 15) is 0 Å². The third-order valence-electron chi connectivity index (χ3n) is 3.55. The van der Waals surface area contributed by atoms with E-state index in [0.717, 1.165) is 24.4 Å². The van der Waals surface area contributed by atoms with E-state index in [1.54, 1.807) is 0 Å². The van der Waals surface area contributed by atoms with E-state index in [2.05, 4.69) is 25.8 Å². The summed E-state index contributed by atoms with van der Waals surface area (Å²) in [5.74, 6) is 1.57. The van der Waals surface area contributed by atoms with Crippen molar-refractivity contribution in [3.8, 4) is 0 Å². The van der Waals surface area contributed by atoms with Gasteiger partial charge in [-0.3, -0.25) is 0 Å². The monoisotopic (exact) mass is 198 g/mol. The highest BCUT2D eigenvalue weighted by Gasteiger charge is 2.28. The summed E-state index contributed by atoms with van der Waals surface area (Å²) in [7, 11) is 2.26. The van der Waals surface area contributed by atoms with Gasteiger partial charge in [-0.2, -0.15) is 0 Å². The highest BCUT2D eigenvalue weighted by molar-refractivity contribution is 4.84. The van der Waals surface area contributed by atoms with Gasteiger partial charge < -0.3 is 10.6 Å². The fourth-order valence-corrected chi connectivity index (χ4v) is 2.50. The van der Waals surface area contributed by atoms with Crippen LogP contribution in [0.25, 0.3) is 0 Å². The SMILES string of the molecule is CC(C)CCN(C)C1CCCC1CN. The Labute approximate surface area is 88.8 Å². The molecule has 0 aliphatic heterocycles. The Morgan fingerprint density at radius 1 is 1.36 bits per heavy atom. The van der Waals surface area contributed by atoms with Gasteiger partial charge in [-0.05, 0) is 51.2 Å². The Bertz CT molecular complexity index is 156. The number of rotatable bonds is 5. The lowest BCUT2D eigenvalue weighted by molar-refractivity contribution is 0.191. The number of nitrogens with two attached hydrogens (primary N) is 1. The smallest absolute Gasteiger partial charge is 0.0132 e. The van der Waals surface area contributed by atoms with Crippen molar-refractivity contribution in [3.63, 3.8) is 0 Å². The molecule has 2 N–H and O–H groups in total. The summed E-state index contributed by atoms with van der Waals surface area (Å²) in [5, 5.41) is 0. The fraction of sp³-hybridized carbons (Fsp3) is 1.00. The Kier molecular flexibility index (Phi) is 4.90. The molecule has 0 saturated heterocycles. The van der Waals surface area contributed by atoms with E-state index in [1.807, 2.05) is 0 Å². The van der Waals surface area contributed by atoms with Crippen molar-refractivity contribution >= 4 is 0 Å². The zero-order chi connectivity index (χ0) is 10.6. The van der Waals surface area contributed by atoms with Crippen LogP contribution in [-0.2, 0) is 0 Å². The first-order chi connectivity index (χ1) is 6.65. The van der Waals surface area contributed by atoms with E-state index in [-0.39, 0.29) is 0 Å². The second-order valence-electron chi connectivity index (χ2n) is 5.16. The van der Waals surface area contributed by atoms with Crippen molar-refractivity contribution in [2.24, 2.45) is 17.6 Å². The van der Waals surface area contributed by atoms with Gasteiger partial charge in [0.25, 0.3) is 0 Å². The topological polar surface area (TPSA) is 29.3 Å². The molecule has 0 spiro atoms. The van der Waals surface area contributed by atoms with Gasteiger partial charge in [0.1, 0.15) is 0 Å². The first-order valence-corrected chi connectivity index (χ1v) is 6.05. The Balaban J connectivity index is 2.31. The standard InChI is InChI=1S/C12H26N2/c1-10(2)7-8-14(3)12-6-4-5-11(12)9-13/h10-12H,4-9,13H2,1-3H3. The first kappa shape index (κ1) is 12.0. The second-order valence-corrected chi connectivity index (χ2v) is 5.16. The van der Waals surface area contributed by atoms with Crippen molar-refractivity contribution in [1.29, 1.82) is 0 Å². The minimum Gasteiger partial charge on any atom is -0.330 e. The summed E-state index contributed by atoms with van der Waals surface area (Å²) >= 11 is 0. The van der Waals surface area contributed by atoms with Crippen molar-refractivity contribution in [1.82, 2.24) is 4.90 Å². The minimum absolute atomic E-state index is 0.757. The molecule has 1 fully saturated rings. The summed E-state index contributed by atoms with van der Waals surface area (Å²) in [5.41, 5.74) is 5.79. The molecule has 0 aromatic rings. The van der Waals surface area contributed by atoms with Crippen LogP contribution >= 0.6 is 0 Å². The molecule has 14 heavy (non-hydrogen) atoms. The van der Waals surface area contributed by atoms with Crippen LogP contribution in [0.15, 0.2) is 0 Å². The van der Waals surface area contributed by atoms with Crippen LogP contribution in [0.3, 0.4) is 0 Å². The third kappa shape index (κ3) is 3.25. The van der Waals surface area contributed by atoms with Gasteiger partial charge >= 0.3 is 0 Å². The molecule has 2 heteroatoms. The molecular weight excluding hydrogens is 172 g/mol. The fourth-order valence-electron chi connectivity index (χ4n) is 2.50. The molecule has 1 rings (SSSR count). The molecule has 84 valence electrons. The zero-order valence-electron chi connectivity index (χ0n) is 10.00. The van der Waals surface area contributed by atoms with Crippen LogP contribution in [-0.4, -0.2) is 31.1 Å². The van der Waals surface area contributed by atoms with Gasteiger partial charge in [0.15, 0.2) is 0 Å². The van der Waals surface area contributed by atoms with Gasteiger partial charge in [-0.1, -0.05) is 20.3 Å². The van der Waals surface area contributed by atoms with Gasteiger partial charge in [-0.25, -0.2) is 0 Å². The molecule has 2 atom stereocenters. The highest BCUT2D eigenvalue weighted by atomic mass is 15.1. The van der Waals surface area contributed by atoms with Crippen molar-refractivity contribution in [2.45, 2.75) is 45.6 Å². The predicted octanol–water partition coefficient (Wildman–Crippen LogP) is 2.09. The average Bonchev–Trinajstić information content (AvgIpc) is 2.61. The molecule has 1 aliphatic rings. The highest BCUT2D eigenvalue weighted by Crippen LogP contribution is 2.28. The summed E-state index contributed by atoms with van der Waals surface area (Å²) in [4.78, 5) is 2.53. The van der Waals surface area contributed by atoms with Crippen molar-refractivity contribution in [2.75, 3.05) is 20.1 Å². The maximum atomic E-state index is 5.79. The molecule has 0 aromatic carbocycles. The van der Waals surface area contributed by atoms with E-state index in [1.165, 1.54) is 32.2 Å². The lowest BCUT2D eigenvalue weighted by atomic mass is 10.0. The maximum absolute atomic E-state index is 5.79. The normalized spacial score (nSPS) is 27.9. The lowest BCUT2D eigenvalue weighted by Gasteiger charge is -2.29. The van der Waals surface area contributed by atoms with Gasteiger partial charge in [0, 0.05) is 6.04 Å². The van der Waals surface area contributed by atoms with Crippen LogP contribution in [0, 0.1) is 11.8 Å². The van der Waals surface area contributed by atoms with Crippen LogP contribution in [0.2, 0.25) is 0 Å². The number of hydrogen-bond acceptors (Lipinski definition) is 2. The molecule has 1 saturated carbocycles. The van der Waals surface area contributed by atoms with Gasteiger partial charge in [-0.15, -0.1) is 0 Å². The number of hydrogen-bond donors (Lipinski definition) is 1. The van der Waals surface area contributed by atoms with E-state index in [4.69, 9.17) is 5.73 Å². The first-order valence-electron chi connectivity index (χ1n) is 6.05. The van der Waals surface area contributed by atoms with Gasteiger partial charge in [0.05, 0.1) is 0 Å². The minimum atomic E-state index is 0.757. The van der Waals surface area contributed by atoms with E-state index < -0.39 is 0 Å².